The molecule has 0 fully saturated rings. The summed E-state index contributed by atoms with van der Waals surface area (Å²) in [6.07, 6.45) is 2.97. The fraction of sp³-hybridized carbons (Fsp3) is 0.261. The first-order chi connectivity index (χ1) is 15.9. The van der Waals surface area contributed by atoms with E-state index in [2.05, 4.69) is 4.99 Å². The molecular formula is C23H24N2O7S. The Bertz CT molecular complexity index is 1270. The van der Waals surface area contributed by atoms with Crippen LogP contribution in [0.15, 0.2) is 41.4 Å². The molecular weight excluding hydrogens is 448 g/mol. The highest BCUT2D eigenvalue weighted by Crippen LogP contribution is 2.33. The summed E-state index contributed by atoms with van der Waals surface area (Å²) in [5.74, 6) is 1.20. The van der Waals surface area contributed by atoms with E-state index in [0.29, 0.717) is 33.3 Å². The summed E-state index contributed by atoms with van der Waals surface area (Å²) in [6.45, 7) is -0.114. The number of benzene rings is 2. The normalized spacial score (nSPS) is 11.6. The lowest BCUT2D eigenvalue weighted by Gasteiger charge is -2.09. The zero-order chi connectivity index (χ0) is 24.0. The molecule has 0 saturated carbocycles. The SMILES string of the molecule is COC(=O)Cn1c(=NC(=O)/C=C/c2ccc(OC)c(OC)c2)sc2cc(OC)c(OC)cc21. The number of fused-ring (bicyclic) bond motifs is 1. The number of thiazole rings is 1. The van der Waals surface area contributed by atoms with E-state index in [-0.39, 0.29) is 6.54 Å². The van der Waals surface area contributed by atoms with Gasteiger partial charge in [0.2, 0.25) is 0 Å². The third kappa shape index (κ3) is 5.35. The number of aromatic nitrogens is 1. The molecule has 0 atom stereocenters. The summed E-state index contributed by atoms with van der Waals surface area (Å²) in [7, 11) is 7.45. The number of hydrogen-bond acceptors (Lipinski definition) is 8. The third-order valence-electron chi connectivity index (χ3n) is 4.73. The molecule has 0 saturated heterocycles. The van der Waals surface area contributed by atoms with Crippen molar-refractivity contribution in [2.75, 3.05) is 35.5 Å². The van der Waals surface area contributed by atoms with Crippen molar-refractivity contribution >= 4 is 39.5 Å². The lowest BCUT2D eigenvalue weighted by molar-refractivity contribution is -0.141. The molecule has 1 amide bonds. The summed E-state index contributed by atoms with van der Waals surface area (Å²) in [5.41, 5.74) is 1.41. The number of carbonyl (C=O) groups excluding carboxylic acids is 2. The van der Waals surface area contributed by atoms with E-state index in [9.17, 15) is 9.59 Å². The van der Waals surface area contributed by atoms with Gasteiger partial charge in [0, 0.05) is 18.2 Å². The Morgan fingerprint density at radius 3 is 2.18 bits per heavy atom. The first-order valence-electron chi connectivity index (χ1n) is 9.75. The predicted molar refractivity (Wildman–Crippen MR) is 124 cm³/mol. The van der Waals surface area contributed by atoms with Crippen LogP contribution in [0.1, 0.15) is 5.56 Å². The molecule has 0 N–H and O–H groups in total. The highest BCUT2D eigenvalue weighted by Gasteiger charge is 2.15. The first-order valence-corrected chi connectivity index (χ1v) is 10.6. The van der Waals surface area contributed by atoms with Gasteiger partial charge < -0.3 is 28.3 Å². The molecule has 1 heterocycles. The quantitative estimate of drug-likeness (QED) is 0.367. The molecule has 0 spiro atoms. The Morgan fingerprint density at radius 1 is 0.909 bits per heavy atom. The van der Waals surface area contributed by atoms with Gasteiger partial charge in [-0.2, -0.15) is 4.99 Å². The van der Waals surface area contributed by atoms with E-state index in [1.807, 2.05) is 0 Å². The minimum Gasteiger partial charge on any atom is -0.493 e. The van der Waals surface area contributed by atoms with Crippen LogP contribution >= 0.6 is 11.3 Å². The Morgan fingerprint density at radius 2 is 1.55 bits per heavy atom. The minimum atomic E-state index is -0.492. The van der Waals surface area contributed by atoms with E-state index in [1.165, 1.54) is 45.9 Å². The number of ether oxygens (including phenoxy) is 5. The second-order valence-corrected chi connectivity index (χ2v) is 7.63. The lowest BCUT2D eigenvalue weighted by Crippen LogP contribution is -2.22. The molecule has 1 aromatic heterocycles. The Kier molecular flexibility index (Phi) is 7.73. The van der Waals surface area contributed by atoms with E-state index in [4.69, 9.17) is 23.7 Å². The minimum absolute atomic E-state index is 0.114. The number of methoxy groups -OCH3 is 5. The fourth-order valence-corrected chi connectivity index (χ4v) is 4.13. The van der Waals surface area contributed by atoms with Crippen molar-refractivity contribution in [1.29, 1.82) is 0 Å². The van der Waals surface area contributed by atoms with Crippen molar-refractivity contribution < 1.29 is 33.3 Å². The largest absolute Gasteiger partial charge is 0.493 e. The molecule has 0 aliphatic rings. The van der Waals surface area contributed by atoms with Crippen molar-refractivity contribution in [3.63, 3.8) is 0 Å². The van der Waals surface area contributed by atoms with Crippen LogP contribution in [-0.4, -0.2) is 52.0 Å². The van der Waals surface area contributed by atoms with Gasteiger partial charge >= 0.3 is 5.97 Å². The molecule has 0 aliphatic carbocycles. The van der Waals surface area contributed by atoms with E-state index < -0.39 is 11.9 Å². The molecule has 0 aliphatic heterocycles. The van der Waals surface area contributed by atoms with Crippen LogP contribution in [0.3, 0.4) is 0 Å². The van der Waals surface area contributed by atoms with Crippen molar-refractivity contribution in [2.45, 2.75) is 6.54 Å². The van der Waals surface area contributed by atoms with E-state index in [1.54, 1.807) is 48.1 Å². The monoisotopic (exact) mass is 472 g/mol. The van der Waals surface area contributed by atoms with Gasteiger partial charge in [-0.05, 0) is 23.8 Å². The number of carbonyl (C=O) groups is 2. The molecule has 0 bridgehead atoms. The van der Waals surface area contributed by atoms with Crippen LogP contribution in [0.25, 0.3) is 16.3 Å². The van der Waals surface area contributed by atoms with Crippen LogP contribution in [-0.2, 0) is 20.9 Å². The van der Waals surface area contributed by atoms with Gasteiger partial charge in [-0.1, -0.05) is 17.4 Å². The van der Waals surface area contributed by atoms with Gasteiger partial charge in [0.15, 0.2) is 27.8 Å². The van der Waals surface area contributed by atoms with Crippen molar-refractivity contribution in [3.8, 4) is 23.0 Å². The fourth-order valence-electron chi connectivity index (χ4n) is 3.08. The summed E-state index contributed by atoms with van der Waals surface area (Å²) in [6, 6.07) is 8.79. The number of hydrogen-bond donors (Lipinski definition) is 0. The topological polar surface area (TPSA) is 97.6 Å². The zero-order valence-electron chi connectivity index (χ0n) is 18.9. The van der Waals surface area contributed by atoms with Crippen molar-refractivity contribution in [1.82, 2.24) is 4.57 Å². The Hall–Kier alpha value is -3.79. The maximum atomic E-state index is 12.6. The average molecular weight is 473 g/mol. The maximum absolute atomic E-state index is 12.6. The van der Waals surface area contributed by atoms with Gasteiger partial charge in [0.1, 0.15) is 6.54 Å². The van der Waals surface area contributed by atoms with Crippen LogP contribution in [0.5, 0.6) is 23.0 Å². The second kappa shape index (κ2) is 10.7. The summed E-state index contributed by atoms with van der Waals surface area (Å²) >= 11 is 1.25. The van der Waals surface area contributed by atoms with Crippen molar-refractivity contribution in [3.05, 3.63) is 46.8 Å². The summed E-state index contributed by atoms with van der Waals surface area (Å²) in [5, 5.41) is 0. The molecule has 9 nitrogen and oxygen atoms in total. The van der Waals surface area contributed by atoms with Crippen LogP contribution in [0.2, 0.25) is 0 Å². The van der Waals surface area contributed by atoms with Crippen LogP contribution in [0.4, 0.5) is 0 Å². The third-order valence-corrected chi connectivity index (χ3v) is 5.78. The highest BCUT2D eigenvalue weighted by atomic mass is 32.1. The Labute approximate surface area is 194 Å². The number of esters is 1. The van der Waals surface area contributed by atoms with Gasteiger partial charge in [-0.25, -0.2) is 0 Å². The molecule has 3 aromatic rings. The molecule has 2 aromatic carbocycles. The number of nitrogens with zero attached hydrogens (tertiary/aromatic N) is 2. The molecule has 33 heavy (non-hydrogen) atoms. The van der Waals surface area contributed by atoms with Gasteiger partial charge in [-0.15, -0.1) is 0 Å². The second-order valence-electron chi connectivity index (χ2n) is 6.62. The zero-order valence-corrected chi connectivity index (χ0v) is 19.7. The molecule has 3 rings (SSSR count). The molecule has 10 heteroatoms. The van der Waals surface area contributed by atoms with Gasteiger partial charge in [0.05, 0.1) is 45.8 Å². The van der Waals surface area contributed by atoms with Crippen LogP contribution in [0, 0.1) is 0 Å². The number of rotatable bonds is 8. The molecule has 174 valence electrons. The Balaban J connectivity index is 2.02. The smallest absolute Gasteiger partial charge is 0.325 e. The average Bonchev–Trinajstić information content (AvgIpc) is 3.16. The lowest BCUT2D eigenvalue weighted by atomic mass is 10.2. The number of amides is 1. The van der Waals surface area contributed by atoms with Gasteiger partial charge in [0.25, 0.3) is 5.91 Å². The predicted octanol–water partition coefficient (Wildman–Crippen LogP) is 3.05. The molecule has 0 radical (unpaired) electrons. The van der Waals surface area contributed by atoms with Crippen LogP contribution < -0.4 is 23.7 Å². The maximum Gasteiger partial charge on any atom is 0.325 e. The highest BCUT2D eigenvalue weighted by molar-refractivity contribution is 7.16. The molecule has 0 unspecified atom stereocenters. The van der Waals surface area contributed by atoms with E-state index >= 15 is 0 Å². The summed E-state index contributed by atoms with van der Waals surface area (Å²) < 4.78 is 28.4. The van der Waals surface area contributed by atoms with E-state index in [0.717, 1.165) is 10.3 Å². The van der Waals surface area contributed by atoms with Crippen molar-refractivity contribution in [2.24, 2.45) is 4.99 Å². The summed E-state index contributed by atoms with van der Waals surface area (Å²) in [4.78, 5) is 29.2. The van der Waals surface area contributed by atoms with Gasteiger partial charge in [-0.3, -0.25) is 9.59 Å². The standard InChI is InChI=1S/C23H24N2O7S/c1-28-16-8-6-14(10-17(16)29-2)7-9-21(26)24-23-25(13-22(27)32-5)15-11-18(30-3)19(31-4)12-20(15)33-23/h6-12H,13H2,1-5H3/b9-7+,24-23?. The first kappa shape index (κ1) is 23.9.